The summed E-state index contributed by atoms with van der Waals surface area (Å²) in [7, 11) is 0. The summed E-state index contributed by atoms with van der Waals surface area (Å²) < 4.78 is 5.12. The minimum atomic E-state index is -0.0938. The smallest absolute Gasteiger partial charge is 0.289 e. The Kier molecular flexibility index (Phi) is 4.82. The van der Waals surface area contributed by atoms with E-state index in [-0.39, 0.29) is 17.7 Å². The Morgan fingerprint density at radius 3 is 2.45 bits per heavy atom. The predicted octanol–water partition coefficient (Wildman–Crippen LogP) is 2.00. The zero-order valence-corrected chi connectivity index (χ0v) is 12.2. The van der Waals surface area contributed by atoms with Crippen LogP contribution in [0.2, 0.25) is 0 Å². The fourth-order valence-corrected chi connectivity index (χ4v) is 2.55. The highest BCUT2D eigenvalue weighted by atomic mass is 16.3. The van der Waals surface area contributed by atoms with Crippen molar-refractivity contribution in [3.63, 3.8) is 0 Å². The summed E-state index contributed by atoms with van der Waals surface area (Å²) in [5, 5.41) is 0. The van der Waals surface area contributed by atoms with E-state index in [1.54, 1.807) is 17.0 Å². The zero-order chi connectivity index (χ0) is 14.5. The number of piperazine rings is 1. The lowest BCUT2D eigenvalue weighted by atomic mass is 10.0. The Bertz CT molecular complexity index is 448. The fourth-order valence-electron chi connectivity index (χ4n) is 2.55. The van der Waals surface area contributed by atoms with Gasteiger partial charge in [0.15, 0.2) is 5.76 Å². The van der Waals surface area contributed by atoms with Gasteiger partial charge in [-0.05, 0) is 18.6 Å². The van der Waals surface area contributed by atoms with Gasteiger partial charge in [0.2, 0.25) is 5.91 Å². The molecular formula is C15H22N2O3. The molecule has 1 saturated heterocycles. The van der Waals surface area contributed by atoms with Gasteiger partial charge in [0, 0.05) is 32.1 Å². The average molecular weight is 278 g/mol. The van der Waals surface area contributed by atoms with Crippen LogP contribution in [0.4, 0.5) is 0 Å². The molecule has 0 aromatic carbocycles. The maximum atomic E-state index is 12.2. The maximum Gasteiger partial charge on any atom is 0.289 e. The molecule has 110 valence electrons. The van der Waals surface area contributed by atoms with Crippen LogP contribution in [0.25, 0.3) is 0 Å². The normalized spacial score (nSPS) is 17.1. The summed E-state index contributed by atoms with van der Waals surface area (Å²) in [5.41, 5.74) is 0. The molecule has 0 saturated carbocycles. The third-order valence-corrected chi connectivity index (χ3v) is 3.75. The molecule has 1 aromatic heterocycles. The van der Waals surface area contributed by atoms with Crippen molar-refractivity contribution in [1.29, 1.82) is 0 Å². The van der Waals surface area contributed by atoms with E-state index in [0.717, 1.165) is 12.8 Å². The zero-order valence-electron chi connectivity index (χ0n) is 12.2. The van der Waals surface area contributed by atoms with Crippen molar-refractivity contribution in [2.24, 2.45) is 5.92 Å². The number of carbonyl (C=O) groups excluding carboxylic acids is 2. The highest BCUT2D eigenvalue weighted by Crippen LogP contribution is 2.14. The summed E-state index contributed by atoms with van der Waals surface area (Å²) >= 11 is 0. The quantitative estimate of drug-likeness (QED) is 0.846. The van der Waals surface area contributed by atoms with E-state index in [4.69, 9.17) is 4.42 Å². The van der Waals surface area contributed by atoms with Crippen LogP contribution in [0, 0.1) is 5.92 Å². The van der Waals surface area contributed by atoms with E-state index in [2.05, 4.69) is 6.92 Å². The molecule has 1 aromatic rings. The van der Waals surface area contributed by atoms with Gasteiger partial charge in [0.05, 0.1) is 6.26 Å². The largest absolute Gasteiger partial charge is 0.459 e. The molecule has 1 fully saturated rings. The summed E-state index contributed by atoms with van der Waals surface area (Å²) in [6, 6.07) is 3.38. The molecule has 0 unspecified atom stereocenters. The number of rotatable bonds is 4. The van der Waals surface area contributed by atoms with Crippen molar-refractivity contribution >= 4 is 11.8 Å². The molecule has 1 aliphatic heterocycles. The Balaban J connectivity index is 1.86. The van der Waals surface area contributed by atoms with Gasteiger partial charge >= 0.3 is 0 Å². The molecule has 0 radical (unpaired) electrons. The monoisotopic (exact) mass is 278 g/mol. The Morgan fingerprint density at radius 1 is 1.25 bits per heavy atom. The SMILES string of the molecule is CCC[C@H](C)C(=O)N1CCN(C(=O)c2ccco2)CC1. The highest BCUT2D eigenvalue weighted by molar-refractivity contribution is 5.91. The van der Waals surface area contributed by atoms with E-state index >= 15 is 0 Å². The number of furan rings is 1. The second-order valence-electron chi connectivity index (χ2n) is 5.28. The second-order valence-corrected chi connectivity index (χ2v) is 5.28. The van der Waals surface area contributed by atoms with Gasteiger partial charge in [0.25, 0.3) is 5.91 Å². The van der Waals surface area contributed by atoms with Crippen molar-refractivity contribution in [3.05, 3.63) is 24.2 Å². The lowest BCUT2D eigenvalue weighted by molar-refractivity contribution is -0.136. The molecule has 2 amide bonds. The van der Waals surface area contributed by atoms with Gasteiger partial charge in [-0.25, -0.2) is 0 Å². The predicted molar refractivity (Wildman–Crippen MR) is 75.3 cm³/mol. The van der Waals surface area contributed by atoms with Gasteiger partial charge in [-0.3, -0.25) is 9.59 Å². The topological polar surface area (TPSA) is 53.8 Å². The van der Waals surface area contributed by atoms with Crippen molar-refractivity contribution in [1.82, 2.24) is 9.80 Å². The van der Waals surface area contributed by atoms with Crippen LogP contribution in [-0.4, -0.2) is 47.8 Å². The molecule has 0 aliphatic carbocycles. The third-order valence-electron chi connectivity index (χ3n) is 3.75. The second kappa shape index (κ2) is 6.59. The fraction of sp³-hybridized carbons (Fsp3) is 0.600. The minimum Gasteiger partial charge on any atom is -0.459 e. The summed E-state index contributed by atoms with van der Waals surface area (Å²) in [6.45, 7) is 6.43. The van der Waals surface area contributed by atoms with Crippen LogP contribution in [-0.2, 0) is 4.79 Å². The number of carbonyl (C=O) groups is 2. The molecule has 5 heteroatoms. The average Bonchev–Trinajstić information content (AvgIpc) is 3.00. The first-order valence-electron chi connectivity index (χ1n) is 7.25. The maximum absolute atomic E-state index is 12.2. The van der Waals surface area contributed by atoms with E-state index < -0.39 is 0 Å². The van der Waals surface area contributed by atoms with Crippen LogP contribution >= 0.6 is 0 Å². The molecule has 5 nitrogen and oxygen atoms in total. The van der Waals surface area contributed by atoms with Crippen LogP contribution in [0.3, 0.4) is 0 Å². The van der Waals surface area contributed by atoms with Gasteiger partial charge in [-0.1, -0.05) is 20.3 Å². The third kappa shape index (κ3) is 3.21. The summed E-state index contributed by atoms with van der Waals surface area (Å²) in [4.78, 5) is 27.9. The van der Waals surface area contributed by atoms with Crippen LogP contribution in [0.15, 0.2) is 22.8 Å². The van der Waals surface area contributed by atoms with Crippen LogP contribution in [0.5, 0.6) is 0 Å². The van der Waals surface area contributed by atoms with Crippen molar-refractivity contribution in [3.8, 4) is 0 Å². The molecule has 2 rings (SSSR count). The van der Waals surface area contributed by atoms with E-state index in [9.17, 15) is 9.59 Å². The summed E-state index contributed by atoms with van der Waals surface area (Å²) in [6.07, 6.45) is 3.44. The first kappa shape index (κ1) is 14.6. The van der Waals surface area contributed by atoms with Crippen LogP contribution in [0.1, 0.15) is 37.2 Å². The Morgan fingerprint density at radius 2 is 1.90 bits per heavy atom. The molecule has 2 heterocycles. The van der Waals surface area contributed by atoms with Crippen LogP contribution < -0.4 is 0 Å². The molecule has 0 N–H and O–H groups in total. The Hall–Kier alpha value is -1.78. The number of amides is 2. The van der Waals surface area contributed by atoms with E-state index in [1.165, 1.54) is 6.26 Å². The molecule has 20 heavy (non-hydrogen) atoms. The van der Waals surface area contributed by atoms with Gasteiger partial charge in [0.1, 0.15) is 0 Å². The van der Waals surface area contributed by atoms with Crippen molar-refractivity contribution in [2.75, 3.05) is 26.2 Å². The molecule has 0 spiro atoms. The molecular weight excluding hydrogens is 256 g/mol. The van der Waals surface area contributed by atoms with Crippen molar-refractivity contribution in [2.45, 2.75) is 26.7 Å². The summed E-state index contributed by atoms with van der Waals surface area (Å²) in [5.74, 6) is 0.553. The molecule has 1 atom stereocenters. The van der Waals surface area contributed by atoms with Gasteiger partial charge in [-0.15, -0.1) is 0 Å². The minimum absolute atomic E-state index is 0.0762. The highest BCUT2D eigenvalue weighted by Gasteiger charge is 2.27. The first-order valence-corrected chi connectivity index (χ1v) is 7.25. The van der Waals surface area contributed by atoms with Crippen molar-refractivity contribution < 1.29 is 14.0 Å². The lowest BCUT2D eigenvalue weighted by Crippen LogP contribution is -2.51. The van der Waals surface area contributed by atoms with Gasteiger partial charge in [-0.2, -0.15) is 0 Å². The van der Waals surface area contributed by atoms with E-state index in [0.29, 0.717) is 31.9 Å². The molecule has 1 aliphatic rings. The number of hydrogen-bond donors (Lipinski definition) is 0. The van der Waals surface area contributed by atoms with E-state index in [1.807, 2.05) is 11.8 Å². The molecule has 0 bridgehead atoms. The standard InChI is InChI=1S/C15H22N2O3/c1-3-5-12(2)14(18)16-7-9-17(10-8-16)15(19)13-6-4-11-20-13/h4,6,11-12H,3,5,7-10H2,1-2H3/t12-/m0/s1. The Labute approximate surface area is 119 Å². The number of nitrogens with zero attached hydrogens (tertiary/aromatic N) is 2. The lowest BCUT2D eigenvalue weighted by Gasteiger charge is -2.35. The van der Waals surface area contributed by atoms with Gasteiger partial charge < -0.3 is 14.2 Å². The number of hydrogen-bond acceptors (Lipinski definition) is 3. The first-order chi connectivity index (χ1) is 9.63.